The normalized spacial score (nSPS) is 22.6. The highest BCUT2D eigenvalue weighted by Gasteiger charge is 2.43. The fourth-order valence-corrected chi connectivity index (χ4v) is 2.85. The third-order valence-electron chi connectivity index (χ3n) is 3.66. The molecule has 5 heteroatoms. The molecule has 2 aliphatic rings. The molecular formula is C15H23NO4. The molecule has 0 aromatic carbocycles. The van der Waals surface area contributed by atoms with E-state index >= 15 is 0 Å². The van der Waals surface area contributed by atoms with Crippen molar-refractivity contribution in [2.24, 2.45) is 0 Å². The van der Waals surface area contributed by atoms with E-state index in [0.717, 1.165) is 31.4 Å². The number of hydrogen-bond donors (Lipinski definition) is 0. The van der Waals surface area contributed by atoms with Crippen LogP contribution >= 0.6 is 0 Å². The molecular weight excluding hydrogens is 258 g/mol. The topological polar surface area (TPSA) is 55.8 Å². The number of esters is 1. The van der Waals surface area contributed by atoms with Gasteiger partial charge < -0.3 is 9.47 Å². The summed E-state index contributed by atoms with van der Waals surface area (Å²) < 4.78 is 10.3. The van der Waals surface area contributed by atoms with Crippen molar-refractivity contribution in [3.63, 3.8) is 0 Å². The van der Waals surface area contributed by atoms with E-state index in [9.17, 15) is 9.59 Å². The summed E-state index contributed by atoms with van der Waals surface area (Å²) in [5, 5.41) is 0. The Morgan fingerprint density at radius 2 is 1.85 bits per heavy atom. The van der Waals surface area contributed by atoms with Gasteiger partial charge in [0, 0.05) is 12.1 Å². The van der Waals surface area contributed by atoms with Gasteiger partial charge in [0.1, 0.15) is 11.6 Å². The number of ether oxygens (including phenoxy) is 2. The maximum absolute atomic E-state index is 12.4. The smallest absolute Gasteiger partial charge is 0.415 e. The van der Waals surface area contributed by atoms with Crippen molar-refractivity contribution in [3.05, 3.63) is 11.3 Å². The van der Waals surface area contributed by atoms with E-state index in [4.69, 9.17) is 9.47 Å². The van der Waals surface area contributed by atoms with Crippen LogP contribution in [0.3, 0.4) is 0 Å². The molecule has 1 amide bonds. The zero-order valence-corrected chi connectivity index (χ0v) is 12.7. The summed E-state index contributed by atoms with van der Waals surface area (Å²) >= 11 is 0. The number of amides is 1. The number of rotatable bonds is 1. The quantitative estimate of drug-likeness (QED) is 0.693. The van der Waals surface area contributed by atoms with E-state index in [0.29, 0.717) is 6.42 Å². The standard InChI is InChI=1S/C15H23NO4/c1-15(2,3)20-14(18)16-11-8-6-5-7-10(11)9-12(16)13(17)19-4/h12H,5-9H2,1-4H3/t12-/m0/s1. The lowest BCUT2D eigenvalue weighted by Crippen LogP contribution is -2.44. The van der Waals surface area contributed by atoms with Gasteiger partial charge >= 0.3 is 12.1 Å². The van der Waals surface area contributed by atoms with Gasteiger partial charge in [0.05, 0.1) is 7.11 Å². The lowest BCUT2D eigenvalue weighted by Gasteiger charge is -2.30. The van der Waals surface area contributed by atoms with E-state index in [1.54, 1.807) is 0 Å². The summed E-state index contributed by atoms with van der Waals surface area (Å²) in [6.07, 6.45) is 4.10. The molecule has 1 aliphatic heterocycles. The van der Waals surface area contributed by atoms with Crippen molar-refractivity contribution in [2.45, 2.75) is 64.5 Å². The third-order valence-corrected chi connectivity index (χ3v) is 3.66. The lowest BCUT2D eigenvalue weighted by atomic mass is 9.96. The first kappa shape index (κ1) is 14.9. The Balaban J connectivity index is 2.25. The van der Waals surface area contributed by atoms with Gasteiger partial charge in [-0.1, -0.05) is 0 Å². The second-order valence-electron chi connectivity index (χ2n) is 6.35. The van der Waals surface area contributed by atoms with Crippen molar-refractivity contribution >= 4 is 12.1 Å². The Labute approximate surface area is 119 Å². The van der Waals surface area contributed by atoms with Gasteiger partial charge in [-0.3, -0.25) is 4.90 Å². The van der Waals surface area contributed by atoms with Gasteiger partial charge in [0.2, 0.25) is 0 Å². The average molecular weight is 281 g/mol. The van der Waals surface area contributed by atoms with E-state index < -0.39 is 17.7 Å². The van der Waals surface area contributed by atoms with Crippen LogP contribution in [0.25, 0.3) is 0 Å². The van der Waals surface area contributed by atoms with E-state index in [-0.39, 0.29) is 5.97 Å². The minimum atomic E-state index is -0.574. The Hall–Kier alpha value is -1.52. The molecule has 1 aliphatic carbocycles. The molecule has 0 bridgehead atoms. The zero-order chi connectivity index (χ0) is 14.9. The van der Waals surface area contributed by atoms with Crippen LogP contribution in [-0.4, -0.2) is 35.7 Å². The molecule has 20 heavy (non-hydrogen) atoms. The Kier molecular flexibility index (Phi) is 4.06. The van der Waals surface area contributed by atoms with Crippen LogP contribution in [0.1, 0.15) is 52.9 Å². The largest absolute Gasteiger partial charge is 0.467 e. The van der Waals surface area contributed by atoms with Crippen molar-refractivity contribution in [1.82, 2.24) is 4.90 Å². The molecule has 2 rings (SSSR count). The highest BCUT2D eigenvalue weighted by Crippen LogP contribution is 2.39. The van der Waals surface area contributed by atoms with Crippen LogP contribution in [0.4, 0.5) is 4.79 Å². The number of methoxy groups -OCH3 is 1. The summed E-state index contributed by atoms with van der Waals surface area (Å²) in [5.41, 5.74) is 1.61. The van der Waals surface area contributed by atoms with Gasteiger partial charge in [-0.25, -0.2) is 9.59 Å². The molecule has 1 heterocycles. The van der Waals surface area contributed by atoms with Crippen LogP contribution in [0.5, 0.6) is 0 Å². The maximum Gasteiger partial charge on any atom is 0.415 e. The van der Waals surface area contributed by atoms with Gasteiger partial charge in [-0.2, -0.15) is 0 Å². The van der Waals surface area contributed by atoms with E-state index in [1.807, 2.05) is 20.8 Å². The predicted molar refractivity (Wildman–Crippen MR) is 74.0 cm³/mol. The third kappa shape index (κ3) is 2.97. The van der Waals surface area contributed by atoms with Crippen LogP contribution in [-0.2, 0) is 14.3 Å². The van der Waals surface area contributed by atoms with Crippen molar-refractivity contribution in [3.8, 4) is 0 Å². The van der Waals surface area contributed by atoms with Gasteiger partial charge in [0.25, 0.3) is 0 Å². The summed E-state index contributed by atoms with van der Waals surface area (Å²) in [6.45, 7) is 5.47. The zero-order valence-electron chi connectivity index (χ0n) is 12.7. The fraction of sp³-hybridized carbons (Fsp3) is 0.733. The lowest BCUT2D eigenvalue weighted by molar-refractivity contribution is -0.145. The van der Waals surface area contributed by atoms with Crippen molar-refractivity contribution in [2.75, 3.05) is 7.11 Å². The molecule has 0 fully saturated rings. The van der Waals surface area contributed by atoms with Crippen LogP contribution in [0, 0.1) is 0 Å². The number of nitrogens with zero attached hydrogens (tertiary/aromatic N) is 1. The first-order chi connectivity index (χ1) is 9.33. The Morgan fingerprint density at radius 3 is 2.45 bits per heavy atom. The summed E-state index contributed by atoms with van der Waals surface area (Å²) in [7, 11) is 1.35. The predicted octanol–water partition coefficient (Wildman–Crippen LogP) is 3.00. The molecule has 0 spiro atoms. The van der Waals surface area contributed by atoms with Crippen LogP contribution < -0.4 is 0 Å². The molecule has 0 N–H and O–H groups in total. The Morgan fingerprint density at radius 1 is 1.20 bits per heavy atom. The van der Waals surface area contributed by atoms with Gasteiger partial charge in [-0.05, 0) is 52.0 Å². The molecule has 112 valence electrons. The monoisotopic (exact) mass is 281 g/mol. The second-order valence-corrected chi connectivity index (χ2v) is 6.35. The first-order valence-corrected chi connectivity index (χ1v) is 7.14. The Bertz CT molecular complexity index is 447. The number of carbonyl (C=O) groups is 2. The molecule has 0 aromatic heterocycles. The molecule has 0 unspecified atom stereocenters. The summed E-state index contributed by atoms with van der Waals surface area (Å²) in [6, 6.07) is -0.557. The molecule has 0 radical (unpaired) electrons. The SMILES string of the molecule is COC(=O)[C@@H]1CC2=C(CCCC2)N1C(=O)OC(C)(C)C. The number of carbonyl (C=O) groups excluding carboxylic acids is 2. The molecule has 1 atom stereocenters. The second kappa shape index (κ2) is 5.46. The maximum atomic E-state index is 12.4. The number of hydrogen-bond acceptors (Lipinski definition) is 4. The summed E-state index contributed by atoms with van der Waals surface area (Å²) in [4.78, 5) is 25.9. The average Bonchev–Trinajstić information content (AvgIpc) is 2.75. The van der Waals surface area contributed by atoms with Crippen LogP contribution in [0.15, 0.2) is 11.3 Å². The van der Waals surface area contributed by atoms with E-state index in [2.05, 4.69) is 0 Å². The van der Waals surface area contributed by atoms with Gasteiger partial charge in [-0.15, -0.1) is 0 Å². The number of allylic oxidation sites excluding steroid dienone is 1. The molecule has 0 saturated heterocycles. The fourth-order valence-electron chi connectivity index (χ4n) is 2.85. The summed E-state index contributed by atoms with van der Waals surface area (Å²) in [5.74, 6) is -0.370. The highest BCUT2D eigenvalue weighted by atomic mass is 16.6. The van der Waals surface area contributed by atoms with Crippen molar-refractivity contribution in [1.29, 1.82) is 0 Å². The van der Waals surface area contributed by atoms with Crippen LogP contribution in [0.2, 0.25) is 0 Å². The van der Waals surface area contributed by atoms with Crippen molar-refractivity contribution < 1.29 is 19.1 Å². The van der Waals surface area contributed by atoms with Gasteiger partial charge in [0.15, 0.2) is 0 Å². The molecule has 5 nitrogen and oxygen atoms in total. The minimum absolute atomic E-state index is 0.370. The van der Waals surface area contributed by atoms with E-state index in [1.165, 1.54) is 17.6 Å². The minimum Gasteiger partial charge on any atom is -0.467 e. The molecule has 0 aromatic rings. The highest BCUT2D eigenvalue weighted by molar-refractivity contribution is 5.84. The molecule has 0 saturated carbocycles. The first-order valence-electron chi connectivity index (χ1n) is 7.14.